The second-order valence-electron chi connectivity index (χ2n) is 4.15. The van der Waals surface area contributed by atoms with Crippen LogP contribution in [0.4, 0.5) is 0 Å². The van der Waals surface area contributed by atoms with Crippen molar-refractivity contribution in [3.63, 3.8) is 0 Å². The van der Waals surface area contributed by atoms with E-state index in [4.69, 9.17) is 10.00 Å². The molecule has 0 amide bonds. The highest BCUT2D eigenvalue weighted by Crippen LogP contribution is 2.21. The van der Waals surface area contributed by atoms with Gasteiger partial charge in [0, 0.05) is 18.8 Å². The number of aromatic nitrogens is 1. The van der Waals surface area contributed by atoms with Gasteiger partial charge in [-0.15, -0.1) is 0 Å². The van der Waals surface area contributed by atoms with Crippen molar-refractivity contribution < 1.29 is 4.74 Å². The first-order valence-electron chi connectivity index (χ1n) is 5.42. The van der Waals surface area contributed by atoms with Crippen molar-refractivity contribution in [3.8, 4) is 11.8 Å². The topological polar surface area (TPSA) is 49.2 Å². The third kappa shape index (κ3) is 2.50. The molecule has 1 aliphatic heterocycles. The van der Waals surface area contributed by atoms with Gasteiger partial charge in [0.05, 0.1) is 18.2 Å². The van der Waals surface area contributed by atoms with Crippen molar-refractivity contribution in [2.45, 2.75) is 12.5 Å². The van der Waals surface area contributed by atoms with Gasteiger partial charge >= 0.3 is 0 Å². The summed E-state index contributed by atoms with van der Waals surface area (Å²) < 4.78 is 5.64. The molecule has 2 heterocycles. The van der Waals surface area contributed by atoms with Gasteiger partial charge in [-0.2, -0.15) is 5.26 Å². The van der Waals surface area contributed by atoms with E-state index in [9.17, 15) is 0 Å². The molecule has 16 heavy (non-hydrogen) atoms. The Morgan fingerprint density at radius 2 is 2.56 bits per heavy atom. The first-order valence-corrected chi connectivity index (χ1v) is 5.42. The standard InChI is InChI=1S/C12H15N3O/c1-15-8-10(6-13)5-11(15)9-16-12-3-2-4-14-7-12/h2-4,7,10-11H,5,8-9H2,1H3/t10?,11-/m0/s1. The van der Waals surface area contributed by atoms with Crippen molar-refractivity contribution in [2.24, 2.45) is 5.92 Å². The van der Waals surface area contributed by atoms with Gasteiger partial charge in [-0.3, -0.25) is 9.88 Å². The molecule has 4 heteroatoms. The minimum absolute atomic E-state index is 0.146. The molecule has 0 aliphatic carbocycles. The van der Waals surface area contributed by atoms with Crippen molar-refractivity contribution in [2.75, 3.05) is 20.2 Å². The highest BCUT2D eigenvalue weighted by molar-refractivity contribution is 5.15. The molecule has 1 unspecified atom stereocenters. The van der Waals surface area contributed by atoms with E-state index in [-0.39, 0.29) is 5.92 Å². The molecule has 0 bridgehead atoms. The van der Waals surface area contributed by atoms with Crippen LogP contribution in [0.2, 0.25) is 0 Å². The average molecular weight is 217 g/mol. The number of likely N-dealkylation sites (N-methyl/N-ethyl adjacent to an activating group) is 1. The van der Waals surface area contributed by atoms with Gasteiger partial charge in [-0.1, -0.05) is 0 Å². The molecule has 4 nitrogen and oxygen atoms in total. The lowest BCUT2D eigenvalue weighted by Crippen LogP contribution is -2.30. The fourth-order valence-electron chi connectivity index (χ4n) is 1.99. The van der Waals surface area contributed by atoms with E-state index in [1.165, 1.54) is 0 Å². The lowest BCUT2D eigenvalue weighted by atomic mass is 10.1. The Hall–Kier alpha value is -1.60. The average Bonchev–Trinajstić information content (AvgIpc) is 2.69. The van der Waals surface area contributed by atoms with Crippen molar-refractivity contribution in [3.05, 3.63) is 24.5 Å². The molecule has 84 valence electrons. The van der Waals surface area contributed by atoms with Crippen LogP contribution in [0.5, 0.6) is 5.75 Å². The third-order valence-electron chi connectivity index (χ3n) is 2.95. The largest absolute Gasteiger partial charge is 0.490 e. The van der Waals surface area contributed by atoms with E-state index in [1.54, 1.807) is 12.4 Å². The normalized spacial score (nSPS) is 25.2. The Labute approximate surface area is 95.5 Å². The maximum absolute atomic E-state index is 8.86. The summed E-state index contributed by atoms with van der Waals surface area (Å²) in [6.45, 7) is 1.47. The molecule has 0 aromatic carbocycles. The second-order valence-corrected chi connectivity index (χ2v) is 4.15. The number of rotatable bonds is 3. The van der Waals surface area contributed by atoms with Crippen molar-refractivity contribution >= 4 is 0 Å². The number of hydrogen-bond donors (Lipinski definition) is 0. The number of ether oxygens (including phenoxy) is 1. The Bertz CT molecular complexity index is 374. The molecular weight excluding hydrogens is 202 g/mol. The van der Waals surface area contributed by atoms with Gasteiger partial charge in [-0.05, 0) is 25.6 Å². The lowest BCUT2D eigenvalue weighted by molar-refractivity contribution is 0.198. The van der Waals surface area contributed by atoms with E-state index in [1.807, 2.05) is 19.2 Å². The van der Waals surface area contributed by atoms with E-state index >= 15 is 0 Å². The summed E-state index contributed by atoms with van der Waals surface area (Å²) in [5.41, 5.74) is 0. The molecular formula is C12H15N3O. The molecule has 0 spiro atoms. The minimum Gasteiger partial charge on any atom is -0.490 e. The number of nitrogens with zero attached hydrogens (tertiary/aromatic N) is 3. The zero-order valence-electron chi connectivity index (χ0n) is 9.34. The summed E-state index contributed by atoms with van der Waals surface area (Å²) in [6, 6.07) is 6.40. The van der Waals surface area contributed by atoms with Crippen LogP contribution < -0.4 is 4.74 Å². The quantitative estimate of drug-likeness (QED) is 0.765. The Kier molecular flexibility index (Phi) is 3.37. The van der Waals surface area contributed by atoms with Crippen LogP contribution in [0.15, 0.2) is 24.5 Å². The maximum Gasteiger partial charge on any atom is 0.137 e. The smallest absolute Gasteiger partial charge is 0.137 e. The molecule has 0 radical (unpaired) electrons. The minimum atomic E-state index is 0.146. The van der Waals surface area contributed by atoms with Crippen LogP contribution >= 0.6 is 0 Å². The SMILES string of the molecule is CN1CC(C#N)C[C@H]1COc1cccnc1. The summed E-state index contributed by atoms with van der Waals surface area (Å²) in [5.74, 6) is 0.934. The Balaban J connectivity index is 1.85. The second kappa shape index (κ2) is 4.95. The summed E-state index contributed by atoms with van der Waals surface area (Å²) in [4.78, 5) is 6.17. The predicted octanol–water partition coefficient (Wildman–Crippen LogP) is 1.30. The summed E-state index contributed by atoms with van der Waals surface area (Å²) in [6.07, 6.45) is 4.32. The highest BCUT2D eigenvalue weighted by Gasteiger charge is 2.29. The van der Waals surface area contributed by atoms with Crippen LogP contribution in [-0.4, -0.2) is 36.1 Å². The molecule has 0 N–H and O–H groups in total. The van der Waals surface area contributed by atoms with Crippen LogP contribution in [0.1, 0.15) is 6.42 Å². The first kappa shape index (κ1) is 10.9. The zero-order chi connectivity index (χ0) is 11.4. The van der Waals surface area contributed by atoms with Crippen LogP contribution in [0, 0.1) is 17.2 Å². The first-order chi connectivity index (χ1) is 7.79. The van der Waals surface area contributed by atoms with E-state index in [0.29, 0.717) is 12.6 Å². The van der Waals surface area contributed by atoms with Crippen molar-refractivity contribution in [1.82, 2.24) is 9.88 Å². The summed E-state index contributed by atoms with van der Waals surface area (Å²) >= 11 is 0. The summed E-state index contributed by atoms with van der Waals surface area (Å²) in [7, 11) is 2.04. The van der Waals surface area contributed by atoms with Gasteiger partial charge in [0.15, 0.2) is 0 Å². The van der Waals surface area contributed by atoms with Crippen LogP contribution in [0.25, 0.3) is 0 Å². The monoisotopic (exact) mass is 217 g/mol. The predicted molar refractivity (Wildman–Crippen MR) is 59.9 cm³/mol. The lowest BCUT2D eigenvalue weighted by Gasteiger charge is -2.19. The molecule has 1 aliphatic rings. The van der Waals surface area contributed by atoms with Gasteiger partial charge in [0.25, 0.3) is 0 Å². The molecule has 2 atom stereocenters. The number of hydrogen-bond acceptors (Lipinski definition) is 4. The molecule has 1 aromatic heterocycles. The van der Waals surface area contributed by atoms with Gasteiger partial charge in [-0.25, -0.2) is 0 Å². The highest BCUT2D eigenvalue weighted by atomic mass is 16.5. The Morgan fingerprint density at radius 3 is 3.19 bits per heavy atom. The molecule has 2 rings (SSSR count). The van der Waals surface area contributed by atoms with Gasteiger partial charge in [0.1, 0.15) is 12.4 Å². The maximum atomic E-state index is 8.86. The van der Waals surface area contributed by atoms with E-state index < -0.39 is 0 Å². The number of pyridine rings is 1. The zero-order valence-corrected chi connectivity index (χ0v) is 9.34. The molecule has 1 fully saturated rings. The molecule has 1 aromatic rings. The fourth-order valence-corrected chi connectivity index (χ4v) is 1.99. The Morgan fingerprint density at radius 1 is 1.69 bits per heavy atom. The fraction of sp³-hybridized carbons (Fsp3) is 0.500. The van der Waals surface area contributed by atoms with E-state index in [2.05, 4.69) is 16.0 Å². The van der Waals surface area contributed by atoms with Gasteiger partial charge in [0.2, 0.25) is 0 Å². The number of likely N-dealkylation sites (tertiary alicyclic amines) is 1. The van der Waals surface area contributed by atoms with Crippen molar-refractivity contribution in [1.29, 1.82) is 5.26 Å². The van der Waals surface area contributed by atoms with Gasteiger partial charge < -0.3 is 4.74 Å². The summed E-state index contributed by atoms with van der Waals surface area (Å²) in [5, 5.41) is 8.86. The third-order valence-corrected chi connectivity index (χ3v) is 2.95. The molecule has 0 saturated carbocycles. The van der Waals surface area contributed by atoms with Crippen LogP contribution in [-0.2, 0) is 0 Å². The van der Waals surface area contributed by atoms with Crippen LogP contribution in [0.3, 0.4) is 0 Å². The number of nitriles is 1. The molecule has 1 saturated heterocycles. The van der Waals surface area contributed by atoms with E-state index in [0.717, 1.165) is 18.7 Å².